The third-order valence-corrected chi connectivity index (χ3v) is 10.6. The zero-order valence-corrected chi connectivity index (χ0v) is 28.1. The Morgan fingerprint density at radius 2 is 1.70 bits per heavy atom. The Hall–Kier alpha value is -3.19. The highest BCUT2D eigenvalue weighted by molar-refractivity contribution is 5.74. The number of phenols is 1. The first-order valence-electron chi connectivity index (χ1n) is 17.5. The van der Waals surface area contributed by atoms with E-state index in [-0.39, 0.29) is 24.1 Å². The SMILES string of the molecule is CC(C)(C)OC(=O)N1CCC(OC2CC(N3CCO[C@H](CN4C5CCC4CN(c4cc(-c6ccccc6O)nnc4N)C5)C3)C2)CC1. The van der Waals surface area contributed by atoms with E-state index >= 15 is 0 Å². The number of piperazine rings is 1. The summed E-state index contributed by atoms with van der Waals surface area (Å²) in [6, 6.07) is 10.6. The molecule has 3 atom stereocenters. The zero-order valence-electron chi connectivity index (χ0n) is 28.1. The molecule has 7 rings (SSSR count). The maximum Gasteiger partial charge on any atom is 0.410 e. The number of para-hydroxylation sites is 1. The van der Waals surface area contributed by atoms with Crippen LogP contribution in [0.15, 0.2) is 30.3 Å². The van der Waals surface area contributed by atoms with Gasteiger partial charge in [0, 0.05) is 69.5 Å². The number of rotatable bonds is 7. The number of hydrogen-bond donors (Lipinski definition) is 2. The van der Waals surface area contributed by atoms with Crippen molar-refractivity contribution in [2.75, 3.05) is 63.1 Å². The number of anilines is 2. The van der Waals surface area contributed by atoms with Crippen LogP contribution in [0.1, 0.15) is 59.3 Å². The molecule has 2 unspecified atom stereocenters. The van der Waals surface area contributed by atoms with Crippen LogP contribution >= 0.6 is 0 Å². The van der Waals surface area contributed by atoms with Crippen molar-refractivity contribution in [3.8, 4) is 17.0 Å². The average molecular weight is 650 g/mol. The van der Waals surface area contributed by atoms with Crippen LogP contribution in [-0.4, -0.2) is 131 Å². The Morgan fingerprint density at radius 1 is 0.979 bits per heavy atom. The van der Waals surface area contributed by atoms with Crippen LogP contribution in [0.5, 0.6) is 5.75 Å². The van der Waals surface area contributed by atoms with Crippen LogP contribution in [0.4, 0.5) is 16.3 Å². The van der Waals surface area contributed by atoms with Gasteiger partial charge in [0.1, 0.15) is 11.4 Å². The second kappa shape index (κ2) is 13.4. The molecule has 1 amide bonds. The molecule has 0 radical (unpaired) electrons. The first-order valence-corrected chi connectivity index (χ1v) is 17.5. The summed E-state index contributed by atoms with van der Waals surface area (Å²) in [6.45, 7) is 12.6. The molecule has 1 saturated carbocycles. The summed E-state index contributed by atoms with van der Waals surface area (Å²) in [4.78, 5) is 21.9. The Morgan fingerprint density at radius 3 is 2.40 bits per heavy atom. The van der Waals surface area contributed by atoms with Gasteiger partial charge in [0.15, 0.2) is 5.82 Å². The van der Waals surface area contributed by atoms with Gasteiger partial charge >= 0.3 is 6.09 Å². The number of carbonyl (C=O) groups is 1. The minimum atomic E-state index is -0.466. The van der Waals surface area contributed by atoms with Gasteiger partial charge in [0.2, 0.25) is 0 Å². The van der Waals surface area contributed by atoms with Crippen LogP contribution in [0.2, 0.25) is 0 Å². The van der Waals surface area contributed by atoms with E-state index in [1.54, 1.807) is 12.1 Å². The van der Waals surface area contributed by atoms with Crippen LogP contribution < -0.4 is 10.6 Å². The summed E-state index contributed by atoms with van der Waals surface area (Å²) in [6.07, 6.45) is 6.75. The van der Waals surface area contributed by atoms with Crippen molar-refractivity contribution in [2.24, 2.45) is 0 Å². The molecule has 12 nitrogen and oxygen atoms in total. The standard InChI is InChI=1S/C35H51N7O5/c1-35(2,3)47-34(44)39-12-10-26(11-13-39)46-27-16-25(17-27)40-14-15-45-28(21-40)22-42-23-8-9-24(42)20-41(19-23)31-18-30(37-38-33(31)36)29-6-4-5-7-32(29)43/h4-7,18,23-28,43H,8-17,19-22H2,1-3H3,(H2,36,38)/t23?,24?,25?,27?,28-/m0/s1. The van der Waals surface area contributed by atoms with Crippen molar-refractivity contribution < 1.29 is 24.1 Å². The maximum atomic E-state index is 12.4. The molecule has 1 aromatic carbocycles. The van der Waals surface area contributed by atoms with Crippen molar-refractivity contribution in [3.63, 3.8) is 0 Å². The number of benzene rings is 1. The summed E-state index contributed by atoms with van der Waals surface area (Å²) in [5.74, 6) is 0.614. The van der Waals surface area contributed by atoms with Crippen molar-refractivity contribution in [3.05, 3.63) is 30.3 Å². The number of aromatic hydroxyl groups is 1. The smallest absolute Gasteiger partial charge is 0.410 e. The van der Waals surface area contributed by atoms with Gasteiger partial charge in [-0.2, -0.15) is 0 Å². The van der Waals surface area contributed by atoms with Crippen LogP contribution in [0.3, 0.4) is 0 Å². The number of nitrogens with two attached hydrogens (primary N) is 1. The largest absolute Gasteiger partial charge is 0.507 e. The fraction of sp³-hybridized carbons (Fsp3) is 0.686. The van der Waals surface area contributed by atoms with E-state index in [0.29, 0.717) is 54.4 Å². The Bertz CT molecular complexity index is 1390. The van der Waals surface area contributed by atoms with E-state index in [0.717, 1.165) is 70.7 Å². The van der Waals surface area contributed by atoms with E-state index < -0.39 is 5.60 Å². The molecule has 4 aliphatic heterocycles. The van der Waals surface area contributed by atoms with Gasteiger partial charge in [-0.3, -0.25) is 9.80 Å². The predicted octanol–water partition coefficient (Wildman–Crippen LogP) is 3.73. The quantitative estimate of drug-likeness (QED) is 0.455. The molecule has 47 heavy (non-hydrogen) atoms. The highest BCUT2D eigenvalue weighted by Crippen LogP contribution is 2.38. The molecule has 2 aromatic rings. The molecule has 5 aliphatic rings. The topological polar surface area (TPSA) is 130 Å². The molecule has 256 valence electrons. The van der Waals surface area contributed by atoms with Gasteiger partial charge < -0.3 is 34.9 Å². The number of hydrogen-bond acceptors (Lipinski definition) is 11. The number of piperidine rings is 1. The highest BCUT2D eigenvalue weighted by atomic mass is 16.6. The first-order chi connectivity index (χ1) is 22.6. The highest BCUT2D eigenvalue weighted by Gasteiger charge is 2.43. The number of carbonyl (C=O) groups excluding carboxylic acids is 1. The van der Waals surface area contributed by atoms with E-state index in [1.165, 1.54) is 12.8 Å². The molecular weight excluding hydrogens is 598 g/mol. The Balaban J connectivity index is 0.874. The summed E-state index contributed by atoms with van der Waals surface area (Å²) >= 11 is 0. The molecule has 12 heteroatoms. The lowest BCUT2D eigenvalue weighted by molar-refractivity contribution is -0.127. The molecule has 0 spiro atoms. The van der Waals surface area contributed by atoms with E-state index in [2.05, 4.69) is 24.9 Å². The number of morpholine rings is 1. The number of nitrogen functional groups attached to an aromatic ring is 1. The van der Waals surface area contributed by atoms with Gasteiger partial charge in [-0.15, -0.1) is 10.2 Å². The zero-order chi connectivity index (χ0) is 32.7. The minimum absolute atomic E-state index is 0.186. The monoisotopic (exact) mass is 649 g/mol. The number of nitrogens with zero attached hydrogens (tertiary/aromatic N) is 6. The second-order valence-electron chi connectivity index (χ2n) is 15.0. The van der Waals surface area contributed by atoms with Crippen molar-refractivity contribution in [2.45, 2.75) is 101 Å². The Kier molecular flexibility index (Phi) is 9.21. The van der Waals surface area contributed by atoms with Crippen LogP contribution in [0.25, 0.3) is 11.3 Å². The molecule has 3 N–H and O–H groups in total. The summed E-state index contributed by atoms with van der Waals surface area (Å²) < 4.78 is 18.3. The number of fused-ring (bicyclic) bond motifs is 2. The molecule has 4 saturated heterocycles. The number of likely N-dealkylation sites (tertiary alicyclic amines) is 1. The number of phenolic OH excluding ortho intramolecular Hbond substituents is 1. The van der Waals surface area contributed by atoms with E-state index in [4.69, 9.17) is 19.9 Å². The fourth-order valence-corrected chi connectivity index (χ4v) is 8.09. The minimum Gasteiger partial charge on any atom is -0.507 e. The molecule has 5 heterocycles. The normalized spacial score (nSPS) is 29.1. The predicted molar refractivity (Wildman–Crippen MR) is 179 cm³/mol. The van der Waals surface area contributed by atoms with E-state index in [1.807, 2.05) is 43.9 Å². The van der Waals surface area contributed by atoms with Gasteiger partial charge in [0.25, 0.3) is 0 Å². The third-order valence-electron chi connectivity index (χ3n) is 10.6. The lowest BCUT2D eigenvalue weighted by Crippen LogP contribution is -2.60. The lowest BCUT2D eigenvalue weighted by Gasteiger charge is -2.48. The van der Waals surface area contributed by atoms with Crippen molar-refractivity contribution in [1.29, 1.82) is 0 Å². The van der Waals surface area contributed by atoms with Gasteiger partial charge in [0.05, 0.1) is 36.3 Å². The maximum absolute atomic E-state index is 12.4. The summed E-state index contributed by atoms with van der Waals surface area (Å²) in [5.41, 5.74) is 8.06. The van der Waals surface area contributed by atoms with Crippen LogP contribution in [-0.2, 0) is 14.2 Å². The molecule has 2 bridgehead atoms. The fourth-order valence-electron chi connectivity index (χ4n) is 8.09. The average Bonchev–Trinajstić information content (AvgIpc) is 3.24. The second-order valence-corrected chi connectivity index (χ2v) is 15.0. The first kappa shape index (κ1) is 32.4. The van der Waals surface area contributed by atoms with Gasteiger partial charge in [-0.1, -0.05) is 12.1 Å². The summed E-state index contributed by atoms with van der Waals surface area (Å²) in [7, 11) is 0. The lowest BCUT2D eigenvalue weighted by atomic mass is 9.87. The third kappa shape index (κ3) is 7.30. The molecule has 1 aliphatic carbocycles. The van der Waals surface area contributed by atoms with E-state index in [9.17, 15) is 9.90 Å². The number of amides is 1. The molecule has 1 aromatic heterocycles. The molecule has 5 fully saturated rings. The Labute approximate surface area is 278 Å². The number of ether oxygens (including phenoxy) is 3. The van der Waals surface area contributed by atoms with Crippen molar-refractivity contribution in [1.82, 2.24) is 24.9 Å². The molecular formula is C35H51N7O5. The van der Waals surface area contributed by atoms with Crippen LogP contribution in [0, 0.1) is 0 Å². The summed E-state index contributed by atoms with van der Waals surface area (Å²) in [5, 5.41) is 18.9. The van der Waals surface area contributed by atoms with Crippen molar-refractivity contribution >= 4 is 17.6 Å². The van der Waals surface area contributed by atoms with Gasteiger partial charge in [-0.25, -0.2) is 4.79 Å². The number of aromatic nitrogens is 2. The van der Waals surface area contributed by atoms with Gasteiger partial charge in [-0.05, 0) is 77.5 Å².